The largest absolute Gasteiger partial charge is 0.488 e. The van der Waals surface area contributed by atoms with Gasteiger partial charge in [0.2, 0.25) is 0 Å². The molecule has 1 heterocycles. The smallest absolute Gasteiger partial charge is 0.161 e. The lowest BCUT2D eigenvalue weighted by Crippen LogP contribution is -2.12. The molecule has 2 aliphatic rings. The molecule has 4 rings (SSSR count). The van der Waals surface area contributed by atoms with E-state index in [4.69, 9.17) is 30.4 Å². The predicted octanol–water partition coefficient (Wildman–Crippen LogP) is 5.73. The maximum atomic E-state index is 6.35. The number of nitrogens with two attached hydrogens (primary N) is 2. The molecule has 6 heteroatoms. The first-order valence-electron chi connectivity index (χ1n) is 13.3. The maximum Gasteiger partial charge on any atom is 0.161 e. The first-order valence-corrected chi connectivity index (χ1v) is 13.3. The topological polar surface area (TPSA) is 89.0 Å². The van der Waals surface area contributed by atoms with E-state index < -0.39 is 0 Å². The summed E-state index contributed by atoms with van der Waals surface area (Å²) in [6, 6.07) is 12.3. The third-order valence-corrected chi connectivity index (χ3v) is 6.46. The lowest BCUT2D eigenvalue weighted by Gasteiger charge is -2.20. The molecule has 4 N–H and O–H groups in total. The standard InChI is InChI=1S/C33H38N2O4/c1-24-18-33-30(36-15-16-37-33)12-7-5-3-4-6-11-28(24)23-39-31-20-32(29(21-35)17-25(31)2)38-22-27-10-8-9-26(19-27)13-14-34/h3-12,17-20H,13-16,21-23,34-35H2,1-2H3/b4-3?,5-3+,6-4-,7-5?,11-6?,12-7-,24-18+,28-11-,28-24?,30-12?,33-18?. The highest BCUT2D eigenvalue weighted by molar-refractivity contribution is 5.47. The van der Waals surface area contributed by atoms with E-state index in [0.717, 1.165) is 51.5 Å². The summed E-state index contributed by atoms with van der Waals surface area (Å²) >= 11 is 0. The SMILES string of the molecule is CC1=C/C2=C(\C=C/C=C/C=C\C=C/1COc1cc(OCc3cccc(CCN)c3)c(CN)cc1C)OCCO2. The first-order chi connectivity index (χ1) is 19.1. The summed E-state index contributed by atoms with van der Waals surface area (Å²) in [5.41, 5.74) is 18.1. The highest BCUT2D eigenvalue weighted by Crippen LogP contribution is 2.30. The normalized spacial score (nSPS) is 20.4. The molecule has 0 saturated carbocycles. The van der Waals surface area contributed by atoms with Crippen LogP contribution in [0.4, 0.5) is 0 Å². The van der Waals surface area contributed by atoms with Crippen LogP contribution in [0.15, 0.2) is 108 Å². The lowest BCUT2D eigenvalue weighted by atomic mass is 10.1. The van der Waals surface area contributed by atoms with Gasteiger partial charge in [0, 0.05) is 18.2 Å². The molecule has 0 unspecified atom stereocenters. The van der Waals surface area contributed by atoms with Crippen molar-refractivity contribution in [3.8, 4) is 11.5 Å². The van der Waals surface area contributed by atoms with Gasteiger partial charge in [0.15, 0.2) is 11.5 Å². The van der Waals surface area contributed by atoms with Gasteiger partial charge in [-0.2, -0.15) is 0 Å². The Morgan fingerprint density at radius 1 is 0.795 bits per heavy atom. The molecule has 0 spiro atoms. The minimum absolute atomic E-state index is 0.374. The van der Waals surface area contributed by atoms with Crippen molar-refractivity contribution < 1.29 is 18.9 Å². The minimum atomic E-state index is 0.374. The second kappa shape index (κ2) is 14.2. The number of ether oxygens (including phenoxy) is 4. The molecular formula is C33H38N2O4. The van der Waals surface area contributed by atoms with Crippen LogP contribution < -0.4 is 20.9 Å². The molecule has 1 aliphatic carbocycles. The van der Waals surface area contributed by atoms with Crippen molar-refractivity contribution in [3.05, 3.63) is 130 Å². The number of hydrogen-bond donors (Lipinski definition) is 2. The monoisotopic (exact) mass is 526 g/mol. The molecule has 2 aromatic carbocycles. The first kappa shape index (κ1) is 28.0. The quantitative estimate of drug-likeness (QED) is 0.434. The molecule has 6 nitrogen and oxygen atoms in total. The Morgan fingerprint density at radius 3 is 2.36 bits per heavy atom. The van der Waals surface area contributed by atoms with Crippen molar-refractivity contribution in [2.24, 2.45) is 11.5 Å². The molecule has 0 bridgehead atoms. The fourth-order valence-electron chi connectivity index (χ4n) is 4.32. The second-order valence-electron chi connectivity index (χ2n) is 9.44. The van der Waals surface area contributed by atoms with E-state index in [1.54, 1.807) is 0 Å². The average molecular weight is 527 g/mol. The Labute approximate surface area is 231 Å². The van der Waals surface area contributed by atoms with Gasteiger partial charge < -0.3 is 30.4 Å². The predicted molar refractivity (Wildman–Crippen MR) is 156 cm³/mol. The summed E-state index contributed by atoms with van der Waals surface area (Å²) in [5, 5.41) is 0. The van der Waals surface area contributed by atoms with Crippen LogP contribution in [0.5, 0.6) is 11.5 Å². The molecule has 0 saturated heterocycles. The molecule has 0 fully saturated rings. The van der Waals surface area contributed by atoms with Crippen molar-refractivity contribution >= 4 is 0 Å². The van der Waals surface area contributed by atoms with Crippen LogP contribution in [0.1, 0.15) is 29.2 Å². The van der Waals surface area contributed by atoms with Crippen molar-refractivity contribution in [1.82, 2.24) is 0 Å². The molecule has 204 valence electrons. The van der Waals surface area contributed by atoms with Gasteiger partial charge in [0.1, 0.15) is 37.9 Å². The summed E-state index contributed by atoms with van der Waals surface area (Å²) in [6.45, 7) is 6.94. The number of allylic oxidation sites excluding steroid dienone is 8. The zero-order chi connectivity index (χ0) is 27.5. The van der Waals surface area contributed by atoms with Crippen molar-refractivity contribution in [3.63, 3.8) is 0 Å². The Balaban J connectivity index is 1.53. The van der Waals surface area contributed by atoms with E-state index >= 15 is 0 Å². The van der Waals surface area contributed by atoms with Gasteiger partial charge in [-0.05, 0) is 72.9 Å². The van der Waals surface area contributed by atoms with Crippen LogP contribution in [0.3, 0.4) is 0 Å². The summed E-state index contributed by atoms with van der Waals surface area (Å²) in [4.78, 5) is 0. The van der Waals surface area contributed by atoms with E-state index in [2.05, 4.69) is 31.2 Å². The fraction of sp³-hybridized carbons (Fsp3) is 0.273. The van der Waals surface area contributed by atoms with Crippen LogP contribution in [0.25, 0.3) is 0 Å². The molecular weight excluding hydrogens is 488 g/mol. The van der Waals surface area contributed by atoms with E-state index in [1.165, 1.54) is 5.56 Å². The second-order valence-corrected chi connectivity index (χ2v) is 9.44. The van der Waals surface area contributed by atoms with Crippen LogP contribution in [-0.2, 0) is 29.0 Å². The average Bonchev–Trinajstić information content (AvgIpc) is 2.94. The Bertz CT molecular complexity index is 1330. The van der Waals surface area contributed by atoms with Crippen molar-refractivity contribution in [1.29, 1.82) is 0 Å². The van der Waals surface area contributed by atoms with E-state index in [9.17, 15) is 0 Å². The number of aryl methyl sites for hydroxylation is 1. The molecule has 0 aromatic heterocycles. The molecule has 0 radical (unpaired) electrons. The fourth-order valence-corrected chi connectivity index (χ4v) is 4.32. The Hall–Kier alpha value is -4.00. The van der Waals surface area contributed by atoms with Gasteiger partial charge in [-0.15, -0.1) is 0 Å². The minimum Gasteiger partial charge on any atom is -0.488 e. The summed E-state index contributed by atoms with van der Waals surface area (Å²) in [6.07, 6.45) is 16.7. The molecule has 2 aromatic rings. The van der Waals surface area contributed by atoms with Gasteiger partial charge in [-0.3, -0.25) is 0 Å². The number of benzene rings is 2. The summed E-state index contributed by atoms with van der Waals surface area (Å²) < 4.78 is 24.3. The highest BCUT2D eigenvalue weighted by Gasteiger charge is 2.14. The van der Waals surface area contributed by atoms with E-state index in [0.29, 0.717) is 45.3 Å². The van der Waals surface area contributed by atoms with Crippen LogP contribution >= 0.6 is 0 Å². The van der Waals surface area contributed by atoms with Gasteiger partial charge in [0.05, 0.1) is 0 Å². The molecule has 39 heavy (non-hydrogen) atoms. The van der Waals surface area contributed by atoms with Gasteiger partial charge in [-0.25, -0.2) is 0 Å². The Morgan fingerprint density at radius 2 is 1.54 bits per heavy atom. The lowest BCUT2D eigenvalue weighted by molar-refractivity contribution is 0.0768. The van der Waals surface area contributed by atoms with Crippen LogP contribution in [0, 0.1) is 6.92 Å². The summed E-state index contributed by atoms with van der Waals surface area (Å²) in [5.74, 6) is 2.91. The zero-order valence-electron chi connectivity index (χ0n) is 22.8. The van der Waals surface area contributed by atoms with Crippen LogP contribution in [-0.4, -0.2) is 26.4 Å². The molecule has 1 aliphatic heterocycles. The Kier molecular flexibility index (Phi) is 10.2. The van der Waals surface area contributed by atoms with Crippen molar-refractivity contribution in [2.45, 2.75) is 33.4 Å². The van der Waals surface area contributed by atoms with E-state index in [1.807, 2.05) is 67.7 Å². The van der Waals surface area contributed by atoms with Gasteiger partial charge >= 0.3 is 0 Å². The summed E-state index contributed by atoms with van der Waals surface area (Å²) in [7, 11) is 0. The third-order valence-electron chi connectivity index (χ3n) is 6.46. The number of hydrogen-bond acceptors (Lipinski definition) is 6. The maximum absolute atomic E-state index is 6.35. The molecule has 0 amide bonds. The highest BCUT2D eigenvalue weighted by atomic mass is 16.6. The van der Waals surface area contributed by atoms with Gasteiger partial charge in [0.25, 0.3) is 0 Å². The van der Waals surface area contributed by atoms with Crippen LogP contribution in [0.2, 0.25) is 0 Å². The number of rotatable bonds is 9. The van der Waals surface area contributed by atoms with E-state index in [-0.39, 0.29) is 0 Å². The van der Waals surface area contributed by atoms with Gasteiger partial charge in [-0.1, -0.05) is 60.7 Å². The van der Waals surface area contributed by atoms with Crippen molar-refractivity contribution in [2.75, 3.05) is 26.4 Å². The zero-order valence-corrected chi connectivity index (χ0v) is 22.8. The molecule has 0 atom stereocenters. The third kappa shape index (κ3) is 7.99.